The van der Waals surface area contributed by atoms with Crippen LogP contribution in [0.5, 0.6) is 0 Å². The van der Waals surface area contributed by atoms with Gasteiger partial charge in [-0.3, -0.25) is 0 Å². The molecule has 0 bridgehead atoms. The number of nitrogens with two attached hydrogens (primary N) is 1. The summed E-state index contributed by atoms with van der Waals surface area (Å²) in [4.78, 5) is 0. The van der Waals surface area contributed by atoms with Gasteiger partial charge < -0.3 is 5.73 Å². The average molecular weight is 189 g/mol. The van der Waals surface area contributed by atoms with Crippen molar-refractivity contribution >= 4 is 0 Å². The first-order valence-corrected chi connectivity index (χ1v) is 5.61. The van der Waals surface area contributed by atoms with Crippen molar-refractivity contribution in [1.29, 1.82) is 0 Å². The Morgan fingerprint density at radius 2 is 2.21 bits per heavy atom. The number of hydrogen-bond donors (Lipinski definition) is 1. The van der Waals surface area contributed by atoms with Crippen LogP contribution < -0.4 is 5.73 Å². The molecule has 1 aliphatic carbocycles. The van der Waals surface area contributed by atoms with E-state index in [9.17, 15) is 0 Å². The Labute approximate surface area is 86.3 Å². The summed E-state index contributed by atoms with van der Waals surface area (Å²) in [5.41, 5.74) is 8.93. The average Bonchev–Trinajstić information content (AvgIpc) is 2.58. The molecule has 0 aromatic heterocycles. The zero-order chi connectivity index (χ0) is 9.97. The Morgan fingerprint density at radius 1 is 1.43 bits per heavy atom. The van der Waals surface area contributed by atoms with Crippen LogP contribution in [0.3, 0.4) is 0 Å². The topological polar surface area (TPSA) is 26.0 Å². The third-order valence-electron chi connectivity index (χ3n) is 3.23. The summed E-state index contributed by atoms with van der Waals surface area (Å²) in [5, 5.41) is 0. The van der Waals surface area contributed by atoms with E-state index in [0.29, 0.717) is 6.04 Å². The largest absolute Gasteiger partial charge is 0.328 e. The molecule has 1 aliphatic rings. The molecule has 0 spiro atoms. The fraction of sp³-hybridized carbons (Fsp3) is 0.538. The predicted molar refractivity (Wildman–Crippen MR) is 60.4 cm³/mol. The van der Waals surface area contributed by atoms with E-state index in [2.05, 4.69) is 31.2 Å². The highest BCUT2D eigenvalue weighted by atomic mass is 14.6. The van der Waals surface area contributed by atoms with Crippen molar-refractivity contribution < 1.29 is 0 Å². The molecule has 2 atom stereocenters. The van der Waals surface area contributed by atoms with E-state index >= 15 is 0 Å². The van der Waals surface area contributed by atoms with Crippen LogP contribution in [-0.4, -0.2) is 6.04 Å². The highest BCUT2D eigenvalue weighted by molar-refractivity contribution is 5.34. The zero-order valence-electron chi connectivity index (χ0n) is 8.87. The standard InChI is InChI=1S/C13H19N/c1-10(14)6-7-12-9-8-11-4-2-3-5-13(11)12/h2-5,10,12H,6-9,14H2,1H3/t10-,12?/m1/s1. The molecule has 0 fully saturated rings. The lowest BCUT2D eigenvalue weighted by Crippen LogP contribution is -2.15. The van der Waals surface area contributed by atoms with Crippen LogP contribution in [0.4, 0.5) is 0 Å². The van der Waals surface area contributed by atoms with Gasteiger partial charge >= 0.3 is 0 Å². The summed E-state index contributed by atoms with van der Waals surface area (Å²) in [5.74, 6) is 0.775. The fourth-order valence-corrected chi connectivity index (χ4v) is 2.41. The Bertz CT molecular complexity index is 304. The third-order valence-corrected chi connectivity index (χ3v) is 3.23. The first kappa shape index (κ1) is 9.72. The van der Waals surface area contributed by atoms with E-state index in [1.807, 2.05) is 0 Å². The first-order chi connectivity index (χ1) is 6.77. The van der Waals surface area contributed by atoms with Gasteiger partial charge in [0.1, 0.15) is 0 Å². The van der Waals surface area contributed by atoms with Crippen molar-refractivity contribution in [3.63, 3.8) is 0 Å². The monoisotopic (exact) mass is 189 g/mol. The Morgan fingerprint density at radius 3 is 3.00 bits per heavy atom. The molecular formula is C13H19N. The van der Waals surface area contributed by atoms with Gasteiger partial charge in [0.25, 0.3) is 0 Å². The minimum Gasteiger partial charge on any atom is -0.328 e. The number of rotatable bonds is 3. The van der Waals surface area contributed by atoms with Crippen molar-refractivity contribution in [2.75, 3.05) is 0 Å². The maximum atomic E-state index is 5.79. The fourth-order valence-electron chi connectivity index (χ4n) is 2.41. The third kappa shape index (κ3) is 1.98. The van der Waals surface area contributed by atoms with Crippen LogP contribution >= 0.6 is 0 Å². The maximum absolute atomic E-state index is 5.79. The number of fused-ring (bicyclic) bond motifs is 1. The highest BCUT2D eigenvalue weighted by Gasteiger charge is 2.21. The first-order valence-electron chi connectivity index (χ1n) is 5.61. The van der Waals surface area contributed by atoms with Crippen molar-refractivity contribution in [3.8, 4) is 0 Å². The highest BCUT2D eigenvalue weighted by Crippen LogP contribution is 2.35. The van der Waals surface area contributed by atoms with Gasteiger partial charge in [-0.05, 0) is 49.7 Å². The molecule has 2 rings (SSSR count). The molecule has 0 saturated heterocycles. The lowest BCUT2D eigenvalue weighted by atomic mass is 9.95. The Balaban J connectivity index is 2.03. The van der Waals surface area contributed by atoms with Crippen molar-refractivity contribution in [1.82, 2.24) is 0 Å². The van der Waals surface area contributed by atoms with Gasteiger partial charge in [0.2, 0.25) is 0 Å². The summed E-state index contributed by atoms with van der Waals surface area (Å²) < 4.78 is 0. The van der Waals surface area contributed by atoms with Crippen LogP contribution in [0.2, 0.25) is 0 Å². The lowest BCUT2D eigenvalue weighted by Gasteiger charge is -2.12. The maximum Gasteiger partial charge on any atom is 0.00106 e. The van der Waals surface area contributed by atoms with E-state index in [1.165, 1.54) is 19.3 Å². The van der Waals surface area contributed by atoms with Gasteiger partial charge in [-0.15, -0.1) is 0 Å². The van der Waals surface area contributed by atoms with Crippen LogP contribution in [0, 0.1) is 0 Å². The second-order valence-electron chi connectivity index (χ2n) is 4.49. The van der Waals surface area contributed by atoms with E-state index in [1.54, 1.807) is 11.1 Å². The number of aryl methyl sites for hydroxylation is 1. The molecule has 2 N–H and O–H groups in total. The van der Waals surface area contributed by atoms with Gasteiger partial charge in [-0.25, -0.2) is 0 Å². The zero-order valence-corrected chi connectivity index (χ0v) is 8.87. The molecular weight excluding hydrogens is 170 g/mol. The van der Waals surface area contributed by atoms with Crippen LogP contribution in [0.25, 0.3) is 0 Å². The normalized spacial score (nSPS) is 22.0. The minimum atomic E-state index is 0.350. The van der Waals surface area contributed by atoms with Gasteiger partial charge in [0.15, 0.2) is 0 Å². The van der Waals surface area contributed by atoms with Gasteiger partial charge in [0, 0.05) is 6.04 Å². The van der Waals surface area contributed by atoms with Crippen LogP contribution in [0.1, 0.15) is 43.2 Å². The number of hydrogen-bond acceptors (Lipinski definition) is 1. The van der Waals surface area contributed by atoms with Crippen LogP contribution in [0.15, 0.2) is 24.3 Å². The van der Waals surface area contributed by atoms with Gasteiger partial charge in [0.05, 0.1) is 0 Å². The molecule has 1 unspecified atom stereocenters. The van der Waals surface area contributed by atoms with Crippen LogP contribution in [-0.2, 0) is 6.42 Å². The smallest absolute Gasteiger partial charge is 0.00106 e. The summed E-state index contributed by atoms with van der Waals surface area (Å²) in [6.45, 7) is 2.10. The van der Waals surface area contributed by atoms with E-state index in [-0.39, 0.29) is 0 Å². The molecule has 1 nitrogen and oxygen atoms in total. The van der Waals surface area contributed by atoms with Crippen molar-refractivity contribution in [2.45, 2.75) is 44.6 Å². The lowest BCUT2D eigenvalue weighted by molar-refractivity contribution is 0.540. The molecule has 0 amide bonds. The summed E-state index contributed by atoms with van der Waals surface area (Å²) in [6.07, 6.45) is 5.00. The molecule has 0 radical (unpaired) electrons. The molecule has 0 heterocycles. The van der Waals surface area contributed by atoms with E-state index in [4.69, 9.17) is 5.73 Å². The quantitative estimate of drug-likeness (QED) is 0.777. The van der Waals surface area contributed by atoms with Gasteiger partial charge in [-0.1, -0.05) is 24.3 Å². The summed E-state index contributed by atoms with van der Waals surface area (Å²) in [7, 11) is 0. The van der Waals surface area contributed by atoms with E-state index in [0.717, 1.165) is 12.3 Å². The summed E-state index contributed by atoms with van der Waals surface area (Å²) in [6, 6.07) is 9.20. The molecule has 0 saturated carbocycles. The Hall–Kier alpha value is -0.820. The molecule has 1 aromatic rings. The second kappa shape index (κ2) is 4.14. The van der Waals surface area contributed by atoms with E-state index < -0.39 is 0 Å². The SMILES string of the molecule is C[C@@H](N)CCC1CCc2ccccc21. The van der Waals surface area contributed by atoms with Crippen molar-refractivity contribution in [2.24, 2.45) is 5.73 Å². The molecule has 14 heavy (non-hydrogen) atoms. The Kier molecular flexibility index (Phi) is 2.87. The molecule has 0 aliphatic heterocycles. The molecule has 1 aromatic carbocycles. The number of benzene rings is 1. The second-order valence-corrected chi connectivity index (χ2v) is 4.49. The van der Waals surface area contributed by atoms with Crippen molar-refractivity contribution in [3.05, 3.63) is 35.4 Å². The molecule has 1 heteroatoms. The minimum absolute atomic E-state index is 0.350. The van der Waals surface area contributed by atoms with Gasteiger partial charge in [-0.2, -0.15) is 0 Å². The predicted octanol–water partition coefficient (Wildman–Crippen LogP) is 2.84. The molecule has 76 valence electrons. The summed E-state index contributed by atoms with van der Waals surface area (Å²) >= 11 is 0.